The van der Waals surface area contributed by atoms with E-state index in [1.807, 2.05) is 0 Å². The molecule has 0 aromatic heterocycles. The van der Waals surface area contributed by atoms with E-state index < -0.39 is 11.8 Å². The Morgan fingerprint density at radius 2 is 0.882 bits per heavy atom. The summed E-state index contributed by atoms with van der Waals surface area (Å²) in [5, 5.41) is 0. The molecule has 0 amide bonds. The van der Waals surface area contributed by atoms with Crippen molar-refractivity contribution in [3.8, 4) is 0 Å². The smallest absolute Gasteiger partial charge is 0.178 e. The summed E-state index contributed by atoms with van der Waals surface area (Å²) in [5.74, 6) is -3.42. The van der Waals surface area contributed by atoms with Gasteiger partial charge in [0.25, 0.3) is 0 Å². The lowest BCUT2D eigenvalue weighted by Crippen LogP contribution is -2.23. The maximum Gasteiger partial charge on any atom is 0.178 e. The van der Waals surface area contributed by atoms with Crippen molar-refractivity contribution in [2.45, 2.75) is 13.8 Å². The number of hydrogen-bond donors (Lipinski definition) is 0. The highest BCUT2D eigenvalue weighted by atomic mass is 16.2. The quantitative estimate of drug-likeness (QED) is 0.238. The highest BCUT2D eigenvalue weighted by Crippen LogP contribution is 2.27. The number of carbonyl (C=O) groups is 4. The lowest BCUT2D eigenvalue weighted by molar-refractivity contribution is -0.118. The van der Waals surface area contributed by atoms with Crippen LogP contribution in [0.2, 0.25) is 0 Å². The van der Waals surface area contributed by atoms with Gasteiger partial charge >= 0.3 is 0 Å². The summed E-state index contributed by atoms with van der Waals surface area (Å²) < 4.78 is 0. The standard InChI is InChI=1S/C28H24N2O4/c1-19(31)23(27(33)21-11-5-3-6-12-21)17-29-25-15-9-10-16-26(25)30-18-24(20(2)32)28(34)22-13-7-4-8-14-22/h3-18,23-24H,1-2H3. The number of nitrogens with zero attached hydrogens (tertiary/aromatic N) is 2. The molecular formula is C28H24N2O4. The van der Waals surface area contributed by atoms with Gasteiger partial charge in [-0.25, -0.2) is 0 Å². The predicted molar refractivity (Wildman–Crippen MR) is 133 cm³/mol. The minimum Gasteiger partial charge on any atom is -0.299 e. The van der Waals surface area contributed by atoms with E-state index in [1.165, 1.54) is 26.3 Å². The number of aliphatic imine (C=N–C) groups is 2. The van der Waals surface area contributed by atoms with Crippen LogP contribution < -0.4 is 0 Å². The number of carbonyl (C=O) groups excluding carboxylic acids is 4. The second-order valence-electron chi connectivity index (χ2n) is 7.68. The van der Waals surface area contributed by atoms with Crippen LogP contribution in [0.25, 0.3) is 0 Å². The molecule has 3 rings (SSSR count). The zero-order valence-electron chi connectivity index (χ0n) is 18.9. The van der Waals surface area contributed by atoms with Crippen molar-refractivity contribution in [1.29, 1.82) is 0 Å². The van der Waals surface area contributed by atoms with Crippen molar-refractivity contribution in [1.82, 2.24) is 0 Å². The first-order valence-electron chi connectivity index (χ1n) is 10.8. The Bertz CT molecular complexity index is 1150. The van der Waals surface area contributed by atoms with E-state index in [4.69, 9.17) is 0 Å². The zero-order valence-corrected chi connectivity index (χ0v) is 18.9. The maximum atomic E-state index is 12.8. The lowest BCUT2D eigenvalue weighted by atomic mass is 9.95. The predicted octanol–water partition coefficient (Wildman–Crippen LogP) is 5.27. The molecule has 3 aromatic rings. The number of rotatable bonds is 10. The van der Waals surface area contributed by atoms with Gasteiger partial charge in [0.2, 0.25) is 0 Å². The molecule has 0 heterocycles. The molecular weight excluding hydrogens is 428 g/mol. The molecule has 0 saturated carbocycles. The van der Waals surface area contributed by atoms with Crippen LogP contribution in [0.5, 0.6) is 0 Å². The van der Waals surface area contributed by atoms with Crippen molar-refractivity contribution >= 4 is 46.9 Å². The number of hydrogen-bond acceptors (Lipinski definition) is 6. The van der Waals surface area contributed by atoms with Crippen LogP contribution in [0.4, 0.5) is 11.4 Å². The number of benzene rings is 3. The van der Waals surface area contributed by atoms with Crippen molar-refractivity contribution in [3.63, 3.8) is 0 Å². The number of ketones is 4. The molecule has 0 N–H and O–H groups in total. The third-order valence-electron chi connectivity index (χ3n) is 5.16. The van der Waals surface area contributed by atoms with E-state index in [-0.39, 0.29) is 23.1 Å². The normalized spacial score (nSPS) is 13.0. The molecule has 0 aliphatic rings. The Morgan fingerprint density at radius 3 is 1.21 bits per heavy atom. The first kappa shape index (κ1) is 24.3. The summed E-state index contributed by atoms with van der Waals surface area (Å²) in [7, 11) is 0. The van der Waals surface area contributed by atoms with Gasteiger partial charge < -0.3 is 0 Å². The molecule has 0 fully saturated rings. The van der Waals surface area contributed by atoms with Gasteiger partial charge in [-0.15, -0.1) is 0 Å². The molecule has 0 radical (unpaired) electrons. The van der Waals surface area contributed by atoms with Gasteiger partial charge in [0, 0.05) is 23.6 Å². The van der Waals surface area contributed by atoms with Gasteiger partial charge in [0.05, 0.1) is 11.4 Å². The van der Waals surface area contributed by atoms with Crippen LogP contribution in [0.15, 0.2) is 94.9 Å². The molecule has 2 atom stereocenters. The van der Waals surface area contributed by atoms with Gasteiger partial charge in [0.15, 0.2) is 11.6 Å². The highest BCUT2D eigenvalue weighted by molar-refractivity contribution is 6.21. The molecule has 6 nitrogen and oxygen atoms in total. The molecule has 0 aliphatic carbocycles. The van der Waals surface area contributed by atoms with Gasteiger partial charge in [0.1, 0.15) is 23.4 Å². The summed E-state index contributed by atoms with van der Waals surface area (Å²) in [6, 6.07) is 23.9. The topological polar surface area (TPSA) is 93.0 Å². The summed E-state index contributed by atoms with van der Waals surface area (Å²) in [6.07, 6.45) is 2.62. The largest absolute Gasteiger partial charge is 0.299 e. The van der Waals surface area contributed by atoms with E-state index in [2.05, 4.69) is 9.98 Å². The van der Waals surface area contributed by atoms with Gasteiger partial charge in [-0.1, -0.05) is 72.8 Å². The van der Waals surface area contributed by atoms with Crippen LogP contribution in [0.1, 0.15) is 34.6 Å². The fraction of sp³-hybridized carbons (Fsp3) is 0.143. The fourth-order valence-corrected chi connectivity index (χ4v) is 3.27. The first-order chi connectivity index (χ1) is 16.4. The first-order valence-corrected chi connectivity index (χ1v) is 10.8. The third-order valence-corrected chi connectivity index (χ3v) is 5.16. The van der Waals surface area contributed by atoms with Crippen LogP contribution >= 0.6 is 0 Å². The number of Topliss-reactive ketones (excluding diaryl/α,β-unsaturated/α-hetero) is 4. The van der Waals surface area contributed by atoms with Crippen molar-refractivity contribution in [2.75, 3.05) is 0 Å². The summed E-state index contributed by atoms with van der Waals surface area (Å²) >= 11 is 0. The maximum absolute atomic E-state index is 12.8. The second-order valence-corrected chi connectivity index (χ2v) is 7.68. The molecule has 0 saturated heterocycles. The molecule has 6 heteroatoms. The van der Waals surface area contributed by atoms with Crippen LogP contribution in [0, 0.1) is 11.8 Å². The zero-order chi connectivity index (χ0) is 24.5. The fourth-order valence-electron chi connectivity index (χ4n) is 3.27. The van der Waals surface area contributed by atoms with Crippen molar-refractivity contribution < 1.29 is 19.2 Å². The average molecular weight is 453 g/mol. The third kappa shape index (κ3) is 6.13. The molecule has 3 aromatic carbocycles. The van der Waals surface area contributed by atoms with E-state index in [0.717, 1.165) is 0 Å². The minimum atomic E-state index is -1.04. The Hall–Kier alpha value is -4.32. The molecule has 2 unspecified atom stereocenters. The number of para-hydroxylation sites is 2. The molecule has 0 bridgehead atoms. The monoisotopic (exact) mass is 452 g/mol. The Balaban J connectivity index is 1.87. The van der Waals surface area contributed by atoms with Crippen molar-refractivity contribution in [3.05, 3.63) is 96.1 Å². The SMILES string of the molecule is CC(=O)C(C=Nc1ccccc1N=CC(C(C)=O)C(=O)c1ccccc1)C(=O)c1ccccc1. The van der Waals surface area contributed by atoms with Gasteiger partial charge in [-0.2, -0.15) is 0 Å². The van der Waals surface area contributed by atoms with E-state index in [0.29, 0.717) is 22.5 Å². The Labute approximate surface area is 198 Å². The molecule has 170 valence electrons. The van der Waals surface area contributed by atoms with Crippen LogP contribution in [-0.4, -0.2) is 35.6 Å². The summed E-state index contributed by atoms with van der Waals surface area (Å²) in [6.45, 7) is 2.68. The van der Waals surface area contributed by atoms with Crippen LogP contribution in [-0.2, 0) is 9.59 Å². The summed E-state index contributed by atoms with van der Waals surface area (Å²) in [5.41, 5.74) is 1.65. The van der Waals surface area contributed by atoms with Crippen LogP contribution in [0.3, 0.4) is 0 Å². The summed E-state index contributed by atoms with van der Waals surface area (Å²) in [4.78, 5) is 58.5. The Morgan fingerprint density at radius 1 is 0.559 bits per heavy atom. The Kier molecular flexibility index (Phi) is 8.24. The van der Waals surface area contributed by atoms with E-state index in [9.17, 15) is 19.2 Å². The highest BCUT2D eigenvalue weighted by Gasteiger charge is 2.24. The van der Waals surface area contributed by atoms with E-state index >= 15 is 0 Å². The lowest BCUT2D eigenvalue weighted by Gasteiger charge is -2.09. The average Bonchev–Trinajstić information content (AvgIpc) is 2.85. The van der Waals surface area contributed by atoms with Gasteiger partial charge in [-0.05, 0) is 26.0 Å². The van der Waals surface area contributed by atoms with Gasteiger partial charge in [-0.3, -0.25) is 29.2 Å². The van der Waals surface area contributed by atoms with Crippen molar-refractivity contribution in [2.24, 2.45) is 21.8 Å². The van der Waals surface area contributed by atoms with E-state index in [1.54, 1.807) is 84.9 Å². The minimum absolute atomic E-state index is 0.330. The molecule has 0 spiro atoms. The second kappa shape index (κ2) is 11.5. The molecule has 0 aliphatic heterocycles. The molecule has 34 heavy (non-hydrogen) atoms.